The highest BCUT2D eigenvalue weighted by atomic mass is 35.5. The third-order valence-electron chi connectivity index (χ3n) is 4.17. The van der Waals surface area contributed by atoms with Gasteiger partial charge >= 0.3 is 0 Å². The highest BCUT2D eigenvalue weighted by Gasteiger charge is 2.31. The van der Waals surface area contributed by atoms with Gasteiger partial charge in [-0.25, -0.2) is 8.42 Å². The summed E-state index contributed by atoms with van der Waals surface area (Å²) in [5.74, 6) is 0.272. The van der Waals surface area contributed by atoms with Crippen LogP contribution in [-0.4, -0.2) is 33.2 Å². The number of carbonyl (C=O) groups excluding carboxylic acids is 1. The van der Waals surface area contributed by atoms with Gasteiger partial charge in [-0.1, -0.05) is 24.6 Å². The second-order valence-electron chi connectivity index (χ2n) is 6.36. The molecule has 1 unspecified atom stereocenters. The minimum absolute atomic E-state index is 0.293. The zero-order valence-electron chi connectivity index (χ0n) is 16.4. The molecule has 2 rings (SSSR count). The minimum atomic E-state index is -3.72. The molecule has 0 saturated carbocycles. The topological polar surface area (TPSA) is 75.7 Å². The SMILES string of the molecule is CCOc1ccc(NC(=O)C(CC)N(c2ccc(C)c(Cl)c2)S(C)(=O)=O)cc1. The smallest absolute Gasteiger partial charge is 0.248 e. The molecule has 0 bridgehead atoms. The maximum atomic E-state index is 12.9. The first-order valence-corrected chi connectivity index (χ1v) is 11.2. The lowest BCUT2D eigenvalue weighted by atomic mass is 10.1. The Hall–Kier alpha value is -2.25. The van der Waals surface area contributed by atoms with E-state index in [1.807, 2.05) is 13.8 Å². The third kappa shape index (κ3) is 5.39. The average Bonchev–Trinajstić information content (AvgIpc) is 2.63. The fourth-order valence-corrected chi connectivity index (χ4v) is 4.18. The normalized spacial score (nSPS) is 12.3. The Morgan fingerprint density at radius 3 is 2.32 bits per heavy atom. The largest absolute Gasteiger partial charge is 0.494 e. The van der Waals surface area contributed by atoms with Gasteiger partial charge in [-0.15, -0.1) is 0 Å². The van der Waals surface area contributed by atoms with E-state index in [0.29, 0.717) is 35.2 Å². The van der Waals surface area contributed by atoms with E-state index in [1.165, 1.54) is 0 Å². The molecule has 2 aromatic rings. The number of aryl methyl sites for hydroxylation is 1. The summed E-state index contributed by atoms with van der Waals surface area (Å²) in [5, 5.41) is 3.21. The average molecular weight is 425 g/mol. The Morgan fingerprint density at radius 2 is 1.82 bits per heavy atom. The van der Waals surface area contributed by atoms with Crippen LogP contribution in [0.5, 0.6) is 5.75 Å². The van der Waals surface area contributed by atoms with Crippen molar-refractivity contribution in [2.45, 2.75) is 33.2 Å². The van der Waals surface area contributed by atoms with Crippen LogP contribution in [0.3, 0.4) is 0 Å². The van der Waals surface area contributed by atoms with Crippen molar-refractivity contribution in [3.8, 4) is 5.75 Å². The van der Waals surface area contributed by atoms with Crippen LogP contribution < -0.4 is 14.4 Å². The van der Waals surface area contributed by atoms with E-state index in [-0.39, 0.29) is 0 Å². The number of nitrogens with one attached hydrogen (secondary N) is 1. The van der Waals surface area contributed by atoms with Crippen molar-refractivity contribution < 1.29 is 17.9 Å². The molecule has 0 aromatic heterocycles. The van der Waals surface area contributed by atoms with Gasteiger partial charge < -0.3 is 10.1 Å². The molecule has 6 nitrogen and oxygen atoms in total. The zero-order valence-corrected chi connectivity index (χ0v) is 18.0. The fraction of sp³-hybridized carbons (Fsp3) is 0.350. The van der Waals surface area contributed by atoms with Crippen LogP contribution in [0.15, 0.2) is 42.5 Å². The lowest BCUT2D eigenvalue weighted by Crippen LogP contribution is -2.47. The molecule has 0 heterocycles. The summed E-state index contributed by atoms with van der Waals surface area (Å²) in [4.78, 5) is 12.9. The molecule has 0 aliphatic heterocycles. The summed E-state index contributed by atoms with van der Waals surface area (Å²) >= 11 is 6.17. The summed E-state index contributed by atoms with van der Waals surface area (Å²) in [7, 11) is -3.72. The number of benzene rings is 2. The lowest BCUT2D eigenvalue weighted by molar-refractivity contribution is -0.117. The molecule has 1 atom stereocenters. The van der Waals surface area contributed by atoms with Gasteiger partial charge in [-0.3, -0.25) is 9.10 Å². The van der Waals surface area contributed by atoms with Gasteiger partial charge in [0.25, 0.3) is 0 Å². The maximum absolute atomic E-state index is 12.9. The fourth-order valence-electron chi connectivity index (χ4n) is 2.81. The number of anilines is 2. The molecule has 0 aliphatic rings. The highest BCUT2D eigenvalue weighted by Crippen LogP contribution is 2.28. The van der Waals surface area contributed by atoms with Crippen LogP contribution in [0.2, 0.25) is 5.02 Å². The molecule has 152 valence electrons. The Bertz CT molecular complexity index is 930. The summed E-state index contributed by atoms with van der Waals surface area (Å²) in [6, 6.07) is 10.9. The molecular weight excluding hydrogens is 400 g/mol. The first-order valence-electron chi connectivity index (χ1n) is 8.96. The maximum Gasteiger partial charge on any atom is 0.248 e. The van der Waals surface area contributed by atoms with Gasteiger partial charge in [0.2, 0.25) is 15.9 Å². The van der Waals surface area contributed by atoms with Gasteiger partial charge in [-0.2, -0.15) is 0 Å². The van der Waals surface area contributed by atoms with Gasteiger partial charge in [0.1, 0.15) is 11.8 Å². The molecule has 1 N–H and O–H groups in total. The van der Waals surface area contributed by atoms with Crippen molar-refractivity contribution in [2.75, 3.05) is 22.5 Å². The second kappa shape index (κ2) is 9.30. The number of carbonyl (C=O) groups is 1. The lowest BCUT2D eigenvalue weighted by Gasteiger charge is -2.30. The molecule has 0 saturated heterocycles. The number of hydrogen-bond acceptors (Lipinski definition) is 4. The number of amides is 1. The summed E-state index contributed by atoms with van der Waals surface area (Å²) in [6.07, 6.45) is 1.37. The molecular formula is C20H25ClN2O4S. The van der Waals surface area contributed by atoms with Crippen molar-refractivity contribution >= 4 is 38.9 Å². The molecule has 0 radical (unpaired) electrons. The Labute approximate surface area is 171 Å². The molecule has 2 aromatic carbocycles. The standard InChI is InChI=1S/C20H25ClN2O4S/c1-5-19(20(24)22-15-8-11-17(12-9-15)27-6-2)23(28(4,25)26)16-10-7-14(3)18(21)13-16/h7-13,19H,5-6H2,1-4H3,(H,22,24). The molecule has 8 heteroatoms. The van der Waals surface area contributed by atoms with Crippen LogP contribution in [-0.2, 0) is 14.8 Å². The van der Waals surface area contributed by atoms with Crippen molar-refractivity contribution in [1.29, 1.82) is 0 Å². The zero-order chi connectivity index (χ0) is 20.9. The van der Waals surface area contributed by atoms with Gasteiger partial charge in [-0.05, 0) is 62.2 Å². The Kier molecular flexibility index (Phi) is 7.32. The van der Waals surface area contributed by atoms with Crippen LogP contribution in [0.25, 0.3) is 0 Å². The third-order valence-corrected chi connectivity index (χ3v) is 5.76. The van der Waals surface area contributed by atoms with E-state index < -0.39 is 22.0 Å². The Balaban J connectivity index is 2.32. The van der Waals surface area contributed by atoms with Crippen molar-refractivity contribution in [3.05, 3.63) is 53.1 Å². The first kappa shape index (κ1) is 22.0. The van der Waals surface area contributed by atoms with Gasteiger partial charge in [0.05, 0.1) is 18.6 Å². The molecule has 1 amide bonds. The molecule has 28 heavy (non-hydrogen) atoms. The van der Waals surface area contributed by atoms with E-state index >= 15 is 0 Å². The summed E-state index contributed by atoms with van der Waals surface area (Å²) in [5.41, 5.74) is 1.74. The number of hydrogen-bond donors (Lipinski definition) is 1. The number of rotatable bonds is 8. The summed E-state index contributed by atoms with van der Waals surface area (Å²) in [6.45, 7) is 6.02. The first-order chi connectivity index (χ1) is 13.2. The number of ether oxygens (including phenoxy) is 1. The van der Waals surface area contributed by atoms with E-state index in [4.69, 9.17) is 16.3 Å². The van der Waals surface area contributed by atoms with Crippen molar-refractivity contribution in [3.63, 3.8) is 0 Å². The summed E-state index contributed by atoms with van der Waals surface area (Å²) < 4.78 is 31.5. The molecule has 0 aliphatic carbocycles. The second-order valence-corrected chi connectivity index (χ2v) is 8.63. The Morgan fingerprint density at radius 1 is 1.18 bits per heavy atom. The van der Waals surface area contributed by atoms with E-state index in [2.05, 4.69) is 5.32 Å². The monoisotopic (exact) mass is 424 g/mol. The van der Waals surface area contributed by atoms with Crippen LogP contribution in [0.4, 0.5) is 11.4 Å². The van der Waals surface area contributed by atoms with Crippen molar-refractivity contribution in [1.82, 2.24) is 0 Å². The number of halogens is 1. The number of sulfonamides is 1. The van der Waals surface area contributed by atoms with Crippen LogP contribution in [0, 0.1) is 6.92 Å². The van der Waals surface area contributed by atoms with E-state index in [9.17, 15) is 13.2 Å². The van der Waals surface area contributed by atoms with Crippen molar-refractivity contribution in [2.24, 2.45) is 0 Å². The highest BCUT2D eigenvalue weighted by molar-refractivity contribution is 7.92. The van der Waals surface area contributed by atoms with E-state index in [1.54, 1.807) is 49.4 Å². The predicted molar refractivity (Wildman–Crippen MR) is 114 cm³/mol. The van der Waals surface area contributed by atoms with Gasteiger partial charge in [0, 0.05) is 10.7 Å². The van der Waals surface area contributed by atoms with E-state index in [0.717, 1.165) is 16.1 Å². The predicted octanol–water partition coefficient (Wildman–Crippen LogP) is 4.23. The number of nitrogens with zero attached hydrogens (tertiary/aromatic N) is 1. The molecule has 0 spiro atoms. The minimum Gasteiger partial charge on any atom is -0.494 e. The van der Waals surface area contributed by atoms with Crippen LogP contribution in [0.1, 0.15) is 25.8 Å². The molecule has 0 fully saturated rings. The quantitative estimate of drug-likeness (QED) is 0.688. The van der Waals surface area contributed by atoms with Gasteiger partial charge in [0.15, 0.2) is 0 Å². The van der Waals surface area contributed by atoms with Crippen LogP contribution >= 0.6 is 11.6 Å².